The largest absolute Gasteiger partial charge is 0.493 e. The van der Waals surface area contributed by atoms with Gasteiger partial charge in [-0.3, -0.25) is 9.78 Å². The van der Waals surface area contributed by atoms with Crippen LogP contribution in [0.1, 0.15) is 31.8 Å². The van der Waals surface area contributed by atoms with E-state index in [2.05, 4.69) is 15.5 Å². The van der Waals surface area contributed by atoms with Crippen molar-refractivity contribution in [2.45, 2.75) is 6.92 Å². The fraction of sp³-hybridized carbons (Fsp3) is 0.0909. The van der Waals surface area contributed by atoms with Crippen molar-refractivity contribution in [3.05, 3.63) is 89.2 Å². The molecule has 0 spiro atoms. The number of aryl methyl sites for hydroxylation is 1. The molecule has 7 nitrogen and oxygen atoms in total. The average Bonchev–Trinajstić information content (AvgIpc) is 2.75. The second-order valence-electron chi connectivity index (χ2n) is 6.11. The van der Waals surface area contributed by atoms with Gasteiger partial charge in [0.2, 0.25) is 0 Å². The van der Waals surface area contributed by atoms with Crippen LogP contribution in [-0.4, -0.2) is 30.2 Å². The Morgan fingerprint density at radius 3 is 2.52 bits per heavy atom. The maximum atomic E-state index is 12.3. The smallest absolute Gasteiger partial charge is 0.343 e. The Morgan fingerprint density at radius 2 is 1.83 bits per heavy atom. The van der Waals surface area contributed by atoms with E-state index in [1.807, 2.05) is 19.1 Å². The molecule has 0 bridgehead atoms. The van der Waals surface area contributed by atoms with E-state index in [9.17, 15) is 9.59 Å². The highest BCUT2D eigenvalue weighted by Gasteiger charge is 2.12. The van der Waals surface area contributed by atoms with Crippen molar-refractivity contribution in [1.82, 2.24) is 10.4 Å². The predicted molar refractivity (Wildman–Crippen MR) is 108 cm³/mol. The van der Waals surface area contributed by atoms with Crippen molar-refractivity contribution in [2.75, 3.05) is 7.11 Å². The van der Waals surface area contributed by atoms with Crippen LogP contribution in [0.4, 0.5) is 0 Å². The van der Waals surface area contributed by atoms with Gasteiger partial charge in [0.1, 0.15) is 0 Å². The van der Waals surface area contributed by atoms with Crippen molar-refractivity contribution in [2.24, 2.45) is 5.10 Å². The number of hydrogen-bond acceptors (Lipinski definition) is 6. The number of pyridine rings is 1. The number of aromatic nitrogens is 1. The van der Waals surface area contributed by atoms with E-state index in [0.717, 1.165) is 5.56 Å². The number of carbonyl (C=O) groups excluding carboxylic acids is 2. The Hall–Kier alpha value is -4.00. The van der Waals surface area contributed by atoms with E-state index in [4.69, 9.17) is 9.47 Å². The molecule has 2 aromatic carbocycles. The molecule has 0 radical (unpaired) electrons. The van der Waals surface area contributed by atoms with Gasteiger partial charge in [0.25, 0.3) is 5.91 Å². The SMILES string of the molecule is COc1cc(C=NNC(=O)c2cccnc2)ccc1OC(=O)c1ccc(C)cc1. The monoisotopic (exact) mass is 389 g/mol. The summed E-state index contributed by atoms with van der Waals surface area (Å²) in [4.78, 5) is 28.1. The summed E-state index contributed by atoms with van der Waals surface area (Å²) in [6.45, 7) is 1.94. The maximum Gasteiger partial charge on any atom is 0.343 e. The topological polar surface area (TPSA) is 89.9 Å². The zero-order valence-corrected chi connectivity index (χ0v) is 16.0. The number of carbonyl (C=O) groups is 2. The van der Waals surface area contributed by atoms with Crippen LogP contribution >= 0.6 is 0 Å². The number of amides is 1. The second kappa shape index (κ2) is 9.27. The number of hydrogen-bond donors (Lipinski definition) is 1. The lowest BCUT2D eigenvalue weighted by atomic mass is 10.1. The molecular formula is C22H19N3O4. The van der Waals surface area contributed by atoms with Gasteiger partial charge in [-0.05, 0) is 55.0 Å². The van der Waals surface area contributed by atoms with Gasteiger partial charge in [0.05, 0.1) is 24.5 Å². The fourth-order valence-corrected chi connectivity index (χ4v) is 2.42. The van der Waals surface area contributed by atoms with Gasteiger partial charge in [-0.15, -0.1) is 0 Å². The Bertz CT molecular complexity index is 1030. The normalized spacial score (nSPS) is 10.6. The number of rotatable bonds is 6. The van der Waals surface area contributed by atoms with Crippen molar-refractivity contribution < 1.29 is 19.1 Å². The molecular weight excluding hydrogens is 370 g/mol. The van der Waals surface area contributed by atoms with E-state index >= 15 is 0 Å². The Balaban J connectivity index is 1.67. The van der Waals surface area contributed by atoms with Crippen LogP contribution in [0.5, 0.6) is 11.5 Å². The van der Waals surface area contributed by atoms with Gasteiger partial charge in [0, 0.05) is 12.4 Å². The van der Waals surface area contributed by atoms with E-state index < -0.39 is 5.97 Å². The zero-order chi connectivity index (χ0) is 20.6. The molecule has 7 heteroatoms. The van der Waals surface area contributed by atoms with Gasteiger partial charge in [-0.25, -0.2) is 10.2 Å². The molecule has 1 heterocycles. The van der Waals surface area contributed by atoms with E-state index in [0.29, 0.717) is 22.4 Å². The molecule has 0 saturated heterocycles. The Kier molecular flexibility index (Phi) is 6.32. The second-order valence-corrected chi connectivity index (χ2v) is 6.11. The van der Waals surface area contributed by atoms with Crippen LogP contribution in [0, 0.1) is 6.92 Å². The first kappa shape index (κ1) is 19.8. The summed E-state index contributed by atoms with van der Waals surface area (Å²) in [6, 6.07) is 15.3. The third-order valence-electron chi connectivity index (χ3n) is 3.98. The van der Waals surface area contributed by atoms with Crippen LogP contribution in [0.2, 0.25) is 0 Å². The summed E-state index contributed by atoms with van der Waals surface area (Å²) in [5.74, 6) is -0.193. The minimum absolute atomic E-state index is 0.287. The van der Waals surface area contributed by atoms with Crippen LogP contribution < -0.4 is 14.9 Å². The lowest BCUT2D eigenvalue weighted by Crippen LogP contribution is -2.17. The number of esters is 1. The zero-order valence-electron chi connectivity index (χ0n) is 16.0. The van der Waals surface area contributed by atoms with Crippen molar-refractivity contribution in [3.8, 4) is 11.5 Å². The van der Waals surface area contributed by atoms with Crippen LogP contribution in [0.25, 0.3) is 0 Å². The fourth-order valence-electron chi connectivity index (χ4n) is 2.42. The summed E-state index contributed by atoms with van der Waals surface area (Å²) in [6.07, 6.45) is 4.49. The number of nitrogens with zero attached hydrogens (tertiary/aromatic N) is 2. The number of hydrazone groups is 1. The van der Waals surface area contributed by atoms with Crippen molar-refractivity contribution >= 4 is 18.1 Å². The number of benzene rings is 2. The van der Waals surface area contributed by atoms with Gasteiger partial charge >= 0.3 is 5.97 Å². The van der Waals surface area contributed by atoms with E-state index in [1.54, 1.807) is 48.7 Å². The molecule has 1 aromatic heterocycles. The third kappa shape index (κ3) is 5.26. The summed E-state index contributed by atoms with van der Waals surface area (Å²) >= 11 is 0. The van der Waals surface area contributed by atoms with Crippen molar-refractivity contribution in [1.29, 1.82) is 0 Å². The third-order valence-corrected chi connectivity index (χ3v) is 3.98. The molecule has 1 amide bonds. The molecule has 0 fully saturated rings. The predicted octanol–water partition coefficient (Wildman–Crippen LogP) is 3.38. The minimum atomic E-state index is -0.478. The van der Waals surface area contributed by atoms with Crippen molar-refractivity contribution in [3.63, 3.8) is 0 Å². The first-order valence-electron chi connectivity index (χ1n) is 8.77. The van der Waals surface area contributed by atoms with Gasteiger partial charge < -0.3 is 9.47 Å². The van der Waals surface area contributed by atoms with Crippen LogP contribution in [0.15, 0.2) is 72.1 Å². The quantitative estimate of drug-likeness (QED) is 0.302. The highest BCUT2D eigenvalue weighted by Crippen LogP contribution is 2.28. The number of methoxy groups -OCH3 is 1. The van der Waals surface area contributed by atoms with Crippen LogP contribution in [0.3, 0.4) is 0 Å². The lowest BCUT2D eigenvalue weighted by Gasteiger charge is -2.10. The summed E-state index contributed by atoms with van der Waals surface area (Å²) in [5, 5.41) is 3.92. The van der Waals surface area contributed by atoms with Gasteiger partial charge in [-0.2, -0.15) is 5.10 Å². The first-order valence-corrected chi connectivity index (χ1v) is 8.77. The van der Waals surface area contributed by atoms with Crippen LogP contribution in [-0.2, 0) is 0 Å². The lowest BCUT2D eigenvalue weighted by molar-refractivity contribution is 0.0729. The number of ether oxygens (including phenoxy) is 2. The Morgan fingerprint density at radius 1 is 1.03 bits per heavy atom. The highest BCUT2D eigenvalue weighted by atomic mass is 16.6. The molecule has 0 unspecified atom stereocenters. The molecule has 29 heavy (non-hydrogen) atoms. The highest BCUT2D eigenvalue weighted by molar-refractivity contribution is 5.94. The summed E-state index contributed by atoms with van der Waals surface area (Å²) in [5.41, 5.74) is 4.98. The molecule has 0 aliphatic heterocycles. The average molecular weight is 389 g/mol. The molecule has 146 valence electrons. The molecule has 3 rings (SSSR count). The van der Waals surface area contributed by atoms with E-state index in [-0.39, 0.29) is 11.7 Å². The maximum absolute atomic E-state index is 12.3. The molecule has 1 N–H and O–H groups in total. The van der Waals surface area contributed by atoms with Gasteiger partial charge in [0.15, 0.2) is 11.5 Å². The molecule has 0 atom stereocenters. The molecule has 0 aliphatic carbocycles. The summed E-state index contributed by atoms with van der Waals surface area (Å²) in [7, 11) is 1.48. The minimum Gasteiger partial charge on any atom is -0.493 e. The number of nitrogens with one attached hydrogen (secondary N) is 1. The van der Waals surface area contributed by atoms with E-state index in [1.165, 1.54) is 19.5 Å². The molecule has 0 aliphatic rings. The standard InChI is InChI=1S/C22H19N3O4/c1-15-5-8-17(9-6-15)22(27)29-19-10-7-16(12-20(19)28-2)13-24-25-21(26)18-4-3-11-23-14-18/h3-14H,1-2H3,(H,25,26). The first-order chi connectivity index (χ1) is 14.1. The summed E-state index contributed by atoms with van der Waals surface area (Å²) < 4.78 is 10.7. The molecule has 0 saturated carbocycles. The van der Waals surface area contributed by atoms with Gasteiger partial charge in [-0.1, -0.05) is 17.7 Å². The Labute approximate surface area is 168 Å². The molecule has 3 aromatic rings.